The molecule has 0 radical (unpaired) electrons. The Morgan fingerprint density at radius 1 is 1.29 bits per heavy atom. The molecule has 0 atom stereocenters. The van der Waals surface area contributed by atoms with Gasteiger partial charge in [-0.15, -0.1) is 0 Å². The average molecular weight is 367 g/mol. The second-order valence-corrected chi connectivity index (χ2v) is 6.10. The van der Waals surface area contributed by atoms with E-state index in [9.17, 15) is 4.79 Å². The fourth-order valence-corrected chi connectivity index (χ4v) is 2.51. The van der Waals surface area contributed by atoms with E-state index in [1.807, 2.05) is 19.1 Å². The summed E-state index contributed by atoms with van der Waals surface area (Å²) in [6, 6.07) is 9.03. The van der Waals surface area contributed by atoms with Crippen molar-refractivity contribution in [1.29, 1.82) is 0 Å². The zero-order valence-corrected chi connectivity index (χ0v) is 14.0. The first-order chi connectivity index (χ1) is 10.2. The van der Waals surface area contributed by atoms with Gasteiger partial charge in [0.15, 0.2) is 10.9 Å². The molecule has 0 aliphatic rings. The highest BCUT2D eigenvalue weighted by Crippen LogP contribution is 2.18. The van der Waals surface area contributed by atoms with Gasteiger partial charge < -0.3 is 4.74 Å². The quantitative estimate of drug-likeness (QED) is 0.421. The zero-order valence-electron chi connectivity index (χ0n) is 11.6. The van der Waals surface area contributed by atoms with Gasteiger partial charge in [-0.25, -0.2) is 4.98 Å². The predicted octanol–water partition coefficient (Wildman–Crippen LogP) is 4.00. The SMILES string of the molecule is CCCOc1ccnc(SCC(=O)c2ccc(Br)cc2)n1. The summed E-state index contributed by atoms with van der Waals surface area (Å²) in [5.41, 5.74) is 0.684. The first kappa shape index (κ1) is 16.0. The number of Topliss-reactive ketones (excluding diaryl/α,β-unsaturated/α-hetero) is 1. The second-order valence-electron chi connectivity index (χ2n) is 4.24. The molecule has 0 unspecified atom stereocenters. The number of carbonyl (C=O) groups excluding carboxylic acids is 1. The largest absolute Gasteiger partial charge is 0.478 e. The number of ether oxygens (including phenoxy) is 1. The number of halogens is 1. The zero-order chi connectivity index (χ0) is 15.1. The van der Waals surface area contributed by atoms with Crippen molar-refractivity contribution in [2.45, 2.75) is 18.5 Å². The molecule has 1 aromatic carbocycles. The molecule has 0 saturated carbocycles. The van der Waals surface area contributed by atoms with Crippen LogP contribution in [-0.2, 0) is 0 Å². The molecule has 6 heteroatoms. The molecule has 0 N–H and O–H groups in total. The van der Waals surface area contributed by atoms with E-state index in [2.05, 4.69) is 25.9 Å². The monoisotopic (exact) mass is 366 g/mol. The van der Waals surface area contributed by atoms with E-state index >= 15 is 0 Å². The van der Waals surface area contributed by atoms with Gasteiger partial charge >= 0.3 is 0 Å². The van der Waals surface area contributed by atoms with Gasteiger partial charge in [-0.1, -0.05) is 46.7 Å². The van der Waals surface area contributed by atoms with Crippen LogP contribution in [0.25, 0.3) is 0 Å². The summed E-state index contributed by atoms with van der Waals surface area (Å²) in [5.74, 6) is 0.903. The topological polar surface area (TPSA) is 52.1 Å². The van der Waals surface area contributed by atoms with E-state index in [0.717, 1.165) is 10.9 Å². The molecule has 4 nitrogen and oxygen atoms in total. The Morgan fingerprint density at radius 3 is 2.76 bits per heavy atom. The summed E-state index contributed by atoms with van der Waals surface area (Å²) in [6.45, 7) is 2.66. The Morgan fingerprint density at radius 2 is 2.05 bits per heavy atom. The van der Waals surface area contributed by atoms with Gasteiger partial charge in [0, 0.05) is 22.3 Å². The Labute approximate surface area is 136 Å². The molecule has 0 saturated heterocycles. The van der Waals surface area contributed by atoms with Gasteiger partial charge in [0.25, 0.3) is 0 Å². The highest BCUT2D eigenvalue weighted by atomic mass is 79.9. The minimum absolute atomic E-state index is 0.0518. The molecule has 21 heavy (non-hydrogen) atoms. The molecule has 0 aliphatic heterocycles. The Bertz CT molecular complexity index is 605. The third-order valence-corrected chi connectivity index (χ3v) is 3.95. The van der Waals surface area contributed by atoms with Crippen molar-refractivity contribution in [3.63, 3.8) is 0 Å². The molecule has 0 amide bonds. The fraction of sp³-hybridized carbons (Fsp3) is 0.267. The van der Waals surface area contributed by atoms with E-state index in [4.69, 9.17) is 4.74 Å². The number of ketones is 1. The number of aromatic nitrogens is 2. The minimum Gasteiger partial charge on any atom is -0.478 e. The van der Waals surface area contributed by atoms with Crippen molar-refractivity contribution in [3.05, 3.63) is 46.6 Å². The van der Waals surface area contributed by atoms with Crippen LogP contribution in [0.2, 0.25) is 0 Å². The molecular weight excluding hydrogens is 352 g/mol. The summed E-state index contributed by atoms with van der Waals surface area (Å²) in [5, 5.41) is 0.550. The molecule has 1 aromatic heterocycles. The van der Waals surface area contributed by atoms with Crippen LogP contribution in [0.5, 0.6) is 5.88 Å². The van der Waals surface area contributed by atoms with Crippen LogP contribution in [0.15, 0.2) is 46.2 Å². The van der Waals surface area contributed by atoms with Crippen LogP contribution in [0.4, 0.5) is 0 Å². The molecule has 1 heterocycles. The summed E-state index contributed by atoms with van der Waals surface area (Å²) in [4.78, 5) is 20.5. The van der Waals surface area contributed by atoms with Crippen LogP contribution in [0.1, 0.15) is 23.7 Å². The van der Waals surface area contributed by atoms with Crippen LogP contribution < -0.4 is 4.74 Å². The number of thioether (sulfide) groups is 1. The number of hydrogen-bond acceptors (Lipinski definition) is 5. The lowest BCUT2D eigenvalue weighted by molar-refractivity contribution is 0.102. The van der Waals surface area contributed by atoms with E-state index in [0.29, 0.717) is 29.0 Å². The minimum atomic E-state index is 0.0518. The number of carbonyl (C=O) groups is 1. The fourth-order valence-electron chi connectivity index (χ4n) is 1.53. The van der Waals surface area contributed by atoms with Gasteiger partial charge in [-0.2, -0.15) is 4.98 Å². The van der Waals surface area contributed by atoms with E-state index < -0.39 is 0 Å². The molecule has 0 aliphatic carbocycles. The van der Waals surface area contributed by atoms with Crippen LogP contribution >= 0.6 is 27.7 Å². The van der Waals surface area contributed by atoms with Crippen molar-refractivity contribution >= 4 is 33.5 Å². The third-order valence-electron chi connectivity index (χ3n) is 2.56. The number of nitrogens with zero attached hydrogens (tertiary/aromatic N) is 2. The normalized spacial score (nSPS) is 10.4. The maximum atomic E-state index is 12.1. The Kier molecular flexibility index (Phi) is 6.20. The summed E-state index contributed by atoms with van der Waals surface area (Å²) in [6.07, 6.45) is 2.57. The number of benzene rings is 1. The average Bonchev–Trinajstić information content (AvgIpc) is 2.52. The van der Waals surface area contributed by atoms with Gasteiger partial charge in [-0.3, -0.25) is 4.79 Å². The number of rotatable bonds is 7. The molecule has 2 rings (SSSR count). The van der Waals surface area contributed by atoms with Gasteiger partial charge in [0.05, 0.1) is 12.4 Å². The predicted molar refractivity (Wildman–Crippen MR) is 87.0 cm³/mol. The molecular formula is C15H15BrN2O2S. The van der Waals surface area contributed by atoms with Crippen molar-refractivity contribution in [1.82, 2.24) is 9.97 Å². The molecule has 2 aromatic rings. The van der Waals surface area contributed by atoms with Crippen molar-refractivity contribution in [2.75, 3.05) is 12.4 Å². The van der Waals surface area contributed by atoms with Gasteiger partial charge in [0.2, 0.25) is 5.88 Å². The standard InChI is InChI=1S/C15H15BrN2O2S/c1-2-9-20-14-7-8-17-15(18-14)21-10-13(19)11-3-5-12(16)6-4-11/h3-8H,2,9-10H2,1H3. The molecule has 0 spiro atoms. The third kappa shape index (κ3) is 5.13. The second kappa shape index (κ2) is 8.14. The lowest BCUT2D eigenvalue weighted by atomic mass is 10.2. The van der Waals surface area contributed by atoms with E-state index in [1.165, 1.54) is 11.8 Å². The summed E-state index contributed by atoms with van der Waals surface area (Å²) < 4.78 is 6.40. The van der Waals surface area contributed by atoms with Gasteiger partial charge in [0.1, 0.15) is 0 Å². The molecule has 0 bridgehead atoms. The lowest BCUT2D eigenvalue weighted by Crippen LogP contribution is -2.03. The van der Waals surface area contributed by atoms with Crippen molar-refractivity contribution in [2.24, 2.45) is 0 Å². The van der Waals surface area contributed by atoms with E-state index in [1.54, 1.807) is 24.4 Å². The summed E-state index contributed by atoms with van der Waals surface area (Å²) in [7, 11) is 0. The van der Waals surface area contributed by atoms with Crippen molar-refractivity contribution in [3.8, 4) is 5.88 Å². The van der Waals surface area contributed by atoms with Crippen LogP contribution in [0.3, 0.4) is 0 Å². The first-order valence-corrected chi connectivity index (χ1v) is 8.34. The lowest BCUT2D eigenvalue weighted by Gasteiger charge is -2.05. The Balaban J connectivity index is 1.93. The first-order valence-electron chi connectivity index (χ1n) is 6.56. The summed E-state index contributed by atoms with van der Waals surface area (Å²) >= 11 is 4.66. The van der Waals surface area contributed by atoms with E-state index in [-0.39, 0.29) is 5.78 Å². The maximum Gasteiger partial charge on any atom is 0.217 e. The van der Waals surface area contributed by atoms with Crippen molar-refractivity contribution < 1.29 is 9.53 Å². The van der Waals surface area contributed by atoms with Gasteiger partial charge in [-0.05, 0) is 18.6 Å². The highest BCUT2D eigenvalue weighted by molar-refractivity contribution is 9.10. The smallest absolute Gasteiger partial charge is 0.217 e. The maximum absolute atomic E-state index is 12.1. The van der Waals surface area contributed by atoms with Crippen LogP contribution in [-0.4, -0.2) is 28.1 Å². The Hall–Kier alpha value is -1.40. The number of hydrogen-bond donors (Lipinski definition) is 0. The highest BCUT2D eigenvalue weighted by Gasteiger charge is 2.08. The molecule has 110 valence electrons. The van der Waals surface area contributed by atoms with Crippen LogP contribution in [0, 0.1) is 0 Å². The molecule has 0 fully saturated rings.